The Bertz CT molecular complexity index is 901. The Balaban J connectivity index is 1.41. The highest BCUT2D eigenvalue weighted by atomic mass is 16.5. The second kappa shape index (κ2) is 6.95. The number of piperidine rings is 1. The lowest BCUT2D eigenvalue weighted by Gasteiger charge is -2.30. The van der Waals surface area contributed by atoms with Gasteiger partial charge in [0.1, 0.15) is 5.69 Å². The molecule has 0 aliphatic carbocycles. The van der Waals surface area contributed by atoms with E-state index in [1.807, 2.05) is 23.1 Å². The highest BCUT2D eigenvalue weighted by Gasteiger charge is 2.28. The van der Waals surface area contributed by atoms with Crippen LogP contribution in [0.1, 0.15) is 35.0 Å². The van der Waals surface area contributed by atoms with Crippen LogP contribution in [0.2, 0.25) is 0 Å². The fourth-order valence-electron chi connectivity index (χ4n) is 3.18. The Hall–Kier alpha value is -3.22. The minimum atomic E-state index is 0.00968. The maximum Gasteiger partial charge on any atom is 0.253 e. The fraction of sp³-hybridized carbons (Fsp3) is 0.263. The Kier molecular flexibility index (Phi) is 4.35. The van der Waals surface area contributed by atoms with Crippen LogP contribution in [0, 0.1) is 0 Å². The lowest BCUT2D eigenvalue weighted by molar-refractivity contribution is 0.0704. The summed E-state index contributed by atoms with van der Waals surface area (Å²) in [6, 6.07) is 12.7. The number of hydrogen-bond donors (Lipinski definition) is 1. The number of pyridine rings is 1. The second-order valence-electron chi connectivity index (χ2n) is 6.36. The third kappa shape index (κ3) is 3.28. The maximum atomic E-state index is 12.6. The number of hydrogen-bond acceptors (Lipinski definition) is 6. The number of carbonyl (C=O) groups excluding carboxylic acids is 1. The molecule has 0 unspecified atom stereocenters. The molecule has 0 atom stereocenters. The minimum Gasteiger partial charge on any atom is -0.399 e. The first kappa shape index (κ1) is 16.3. The average Bonchev–Trinajstić information content (AvgIpc) is 3.18. The van der Waals surface area contributed by atoms with Crippen molar-refractivity contribution in [3.05, 3.63) is 60.1 Å². The molecule has 0 bridgehead atoms. The predicted molar refractivity (Wildman–Crippen MR) is 96.3 cm³/mol. The van der Waals surface area contributed by atoms with Gasteiger partial charge in [0.05, 0.1) is 0 Å². The molecule has 4 rings (SSSR count). The van der Waals surface area contributed by atoms with Crippen molar-refractivity contribution < 1.29 is 9.32 Å². The van der Waals surface area contributed by atoms with Crippen LogP contribution in [-0.2, 0) is 0 Å². The van der Waals surface area contributed by atoms with E-state index >= 15 is 0 Å². The van der Waals surface area contributed by atoms with E-state index in [1.165, 1.54) is 0 Å². The van der Waals surface area contributed by atoms with Gasteiger partial charge in [0, 0.05) is 36.5 Å². The summed E-state index contributed by atoms with van der Waals surface area (Å²) in [5.41, 5.74) is 7.68. The largest absolute Gasteiger partial charge is 0.399 e. The molecule has 1 amide bonds. The molecule has 0 saturated carbocycles. The minimum absolute atomic E-state index is 0.00968. The standard InChI is InChI=1S/C19H19N5O2/c20-15-5-3-4-14(12-15)19(25)24-10-7-13(8-11-24)18-22-17(23-26-18)16-6-1-2-9-21-16/h1-6,9,12-13H,7-8,10-11,20H2. The molecule has 0 radical (unpaired) electrons. The Morgan fingerprint density at radius 3 is 2.73 bits per heavy atom. The van der Waals surface area contributed by atoms with Crippen LogP contribution >= 0.6 is 0 Å². The van der Waals surface area contributed by atoms with Gasteiger partial charge in [-0.3, -0.25) is 9.78 Å². The van der Waals surface area contributed by atoms with E-state index in [2.05, 4.69) is 15.1 Å². The zero-order valence-electron chi connectivity index (χ0n) is 14.2. The van der Waals surface area contributed by atoms with Crippen molar-refractivity contribution in [2.75, 3.05) is 18.8 Å². The van der Waals surface area contributed by atoms with E-state index in [0.717, 1.165) is 12.8 Å². The van der Waals surface area contributed by atoms with Gasteiger partial charge in [0.15, 0.2) is 0 Å². The zero-order valence-corrected chi connectivity index (χ0v) is 14.2. The molecular formula is C19H19N5O2. The second-order valence-corrected chi connectivity index (χ2v) is 6.36. The number of anilines is 1. The van der Waals surface area contributed by atoms with Crippen LogP contribution in [0.3, 0.4) is 0 Å². The van der Waals surface area contributed by atoms with E-state index < -0.39 is 0 Å². The van der Waals surface area contributed by atoms with Gasteiger partial charge < -0.3 is 15.2 Å². The third-order valence-corrected chi connectivity index (χ3v) is 4.60. The SMILES string of the molecule is Nc1cccc(C(=O)N2CCC(c3nc(-c4ccccn4)no3)CC2)c1. The summed E-state index contributed by atoms with van der Waals surface area (Å²) >= 11 is 0. The van der Waals surface area contributed by atoms with Crippen molar-refractivity contribution >= 4 is 11.6 Å². The highest BCUT2D eigenvalue weighted by molar-refractivity contribution is 5.95. The summed E-state index contributed by atoms with van der Waals surface area (Å²) in [6.07, 6.45) is 3.28. The summed E-state index contributed by atoms with van der Waals surface area (Å²) in [7, 11) is 0. The average molecular weight is 349 g/mol. The number of benzene rings is 1. The molecule has 1 saturated heterocycles. The fourth-order valence-corrected chi connectivity index (χ4v) is 3.18. The number of nitrogens with zero attached hydrogens (tertiary/aromatic N) is 4. The van der Waals surface area contributed by atoms with Crippen LogP contribution < -0.4 is 5.73 Å². The lowest BCUT2D eigenvalue weighted by Crippen LogP contribution is -2.38. The molecule has 132 valence electrons. The van der Waals surface area contributed by atoms with Crippen LogP contribution in [-0.4, -0.2) is 39.0 Å². The van der Waals surface area contributed by atoms with E-state index in [0.29, 0.717) is 41.7 Å². The van der Waals surface area contributed by atoms with Gasteiger partial charge in [-0.2, -0.15) is 4.98 Å². The first-order valence-electron chi connectivity index (χ1n) is 8.60. The molecule has 1 fully saturated rings. The van der Waals surface area contributed by atoms with E-state index in [9.17, 15) is 4.79 Å². The molecule has 2 aromatic heterocycles. The van der Waals surface area contributed by atoms with E-state index in [4.69, 9.17) is 10.3 Å². The van der Waals surface area contributed by atoms with Crippen LogP contribution in [0.25, 0.3) is 11.5 Å². The molecule has 7 heteroatoms. The molecule has 2 N–H and O–H groups in total. The number of nitrogen functional groups attached to an aromatic ring is 1. The molecule has 3 heterocycles. The zero-order chi connectivity index (χ0) is 17.9. The number of carbonyl (C=O) groups is 1. The first-order chi connectivity index (χ1) is 12.7. The van der Waals surface area contributed by atoms with Gasteiger partial charge in [-0.1, -0.05) is 17.3 Å². The van der Waals surface area contributed by atoms with Crippen molar-refractivity contribution in [2.24, 2.45) is 0 Å². The number of likely N-dealkylation sites (tertiary alicyclic amines) is 1. The van der Waals surface area contributed by atoms with Gasteiger partial charge in [0.2, 0.25) is 11.7 Å². The Morgan fingerprint density at radius 1 is 1.15 bits per heavy atom. The van der Waals surface area contributed by atoms with Crippen LogP contribution in [0.15, 0.2) is 53.2 Å². The molecule has 26 heavy (non-hydrogen) atoms. The quantitative estimate of drug-likeness (QED) is 0.730. The van der Waals surface area contributed by atoms with E-state index in [-0.39, 0.29) is 11.8 Å². The maximum absolute atomic E-state index is 12.6. The van der Waals surface area contributed by atoms with E-state index in [1.54, 1.807) is 30.5 Å². The van der Waals surface area contributed by atoms with Gasteiger partial charge in [-0.15, -0.1) is 0 Å². The molecule has 1 aliphatic rings. The van der Waals surface area contributed by atoms with Crippen molar-refractivity contribution in [3.8, 4) is 11.5 Å². The van der Waals surface area contributed by atoms with Crippen molar-refractivity contribution in [3.63, 3.8) is 0 Å². The molecule has 1 aliphatic heterocycles. The molecule has 7 nitrogen and oxygen atoms in total. The van der Waals surface area contributed by atoms with Crippen LogP contribution in [0.5, 0.6) is 0 Å². The number of aromatic nitrogens is 3. The lowest BCUT2D eigenvalue weighted by atomic mass is 9.96. The summed E-state index contributed by atoms with van der Waals surface area (Å²) in [5.74, 6) is 1.28. The Labute approximate surface area is 150 Å². The molecule has 1 aromatic carbocycles. The van der Waals surface area contributed by atoms with Gasteiger partial charge in [-0.05, 0) is 43.2 Å². The normalized spacial score (nSPS) is 15.2. The molecular weight excluding hydrogens is 330 g/mol. The summed E-state index contributed by atoms with van der Waals surface area (Å²) in [5, 5.41) is 4.03. The Morgan fingerprint density at radius 2 is 2.00 bits per heavy atom. The first-order valence-corrected chi connectivity index (χ1v) is 8.60. The van der Waals surface area contributed by atoms with Gasteiger partial charge in [0.25, 0.3) is 5.91 Å². The number of rotatable bonds is 3. The molecule has 0 spiro atoms. The van der Waals surface area contributed by atoms with Crippen LogP contribution in [0.4, 0.5) is 5.69 Å². The third-order valence-electron chi connectivity index (χ3n) is 4.60. The van der Waals surface area contributed by atoms with Crippen molar-refractivity contribution in [1.29, 1.82) is 0 Å². The smallest absolute Gasteiger partial charge is 0.253 e. The molecule has 3 aromatic rings. The van der Waals surface area contributed by atoms with Gasteiger partial charge in [-0.25, -0.2) is 0 Å². The van der Waals surface area contributed by atoms with Gasteiger partial charge >= 0.3 is 0 Å². The summed E-state index contributed by atoms with van der Waals surface area (Å²) in [4.78, 5) is 23.2. The summed E-state index contributed by atoms with van der Waals surface area (Å²) < 4.78 is 5.43. The van der Waals surface area contributed by atoms with Crippen molar-refractivity contribution in [2.45, 2.75) is 18.8 Å². The highest BCUT2D eigenvalue weighted by Crippen LogP contribution is 2.28. The summed E-state index contributed by atoms with van der Waals surface area (Å²) in [6.45, 7) is 1.30. The predicted octanol–water partition coefficient (Wildman–Crippen LogP) is 2.73. The monoisotopic (exact) mass is 349 g/mol. The number of amides is 1. The number of nitrogens with two attached hydrogens (primary N) is 1. The van der Waals surface area contributed by atoms with Crippen molar-refractivity contribution in [1.82, 2.24) is 20.0 Å². The topological polar surface area (TPSA) is 98.1 Å².